The second-order valence-electron chi connectivity index (χ2n) is 4.50. The van der Waals surface area contributed by atoms with Crippen LogP contribution in [0.15, 0.2) is 4.52 Å². The van der Waals surface area contributed by atoms with E-state index in [-0.39, 0.29) is 17.8 Å². The summed E-state index contributed by atoms with van der Waals surface area (Å²) in [5.41, 5.74) is 0. The lowest BCUT2D eigenvalue weighted by Gasteiger charge is -2.04. The Balaban J connectivity index is 1.86. The number of carbonyl (C=O) groups excluding carboxylic acids is 1. The van der Waals surface area contributed by atoms with Crippen LogP contribution in [0.25, 0.3) is 0 Å². The van der Waals surface area contributed by atoms with Gasteiger partial charge in [0.2, 0.25) is 5.89 Å². The van der Waals surface area contributed by atoms with E-state index in [1.807, 2.05) is 0 Å². The van der Waals surface area contributed by atoms with Gasteiger partial charge in [0.15, 0.2) is 0 Å². The maximum atomic E-state index is 11.7. The maximum absolute atomic E-state index is 11.7. The monoisotopic (exact) mass is 254 g/mol. The second kappa shape index (κ2) is 5.92. The second-order valence-corrected chi connectivity index (χ2v) is 4.50. The number of amides is 1. The predicted octanol–water partition coefficient (Wildman–Crippen LogP) is -0.00520. The summed E-state index contributed by atoms with van der Waals surface area (Å²) in [7, 11) is 0. The third kappa shape index (κ3) is 3.27. The van der Waals surface area contributed by atoms with Crippen LogP contribution in [0.3, 0.4) is 0 Å². The van der Waals surface area contributed by atoms with Crippen LogP contribution in [0.4, 0.5) is 0 Å². The van der Waals surface area contributed by atoms with Gasteiger partial charge in [-0.1, -0.05) is 5.16 Å². The van der Waals surface area contributed by atoms with Gasteiger partial charge in [-0.15, -0.1) is 0 Å². The predicted molar refractivity (Wildman–Crippen MR) is 62.9 cm³/mol. The van der Waals surface area contributed by atoms with Gasteiger partial charge >= 0.3 is 0 Å². The van der Waals surface area contributed by atoms with E-state index >= 15 is 0 Å². The fourth-order valence-corrected chi connectivity index (χ4v) is 1.84. The highest BCUT2D eigenvalue weighted by atomic mass is 16.5. The number of nitrogens with zero attached hydrogens (tertiary/aromatic N) is 2. The average Bonchev–Trinajstić information content (AvgIpc) is 2.99. The maximum Gasteiger partial charge on any atom is 0.292 e. The third-order valence-electron chi connectivity index (χ3n) is 2.85. The summed E-state index contributed by atoms with van der Waals surface area (Å²) in [6.07, 6.45) is 2.09. The van der Waals surface area contributed by atoms with E-state index in [9.17, 15) is 4.79 Å². The lowest BCUT2D eigenvalue weighted by atomic mass is 10.2. The number of rotatable bonds is 5. The first kappa shape index (κ1) is 13.0. The first-order valence-corrected chi connectivity index (χ1v) is 6.20. The summed E-state index contributed by atoms with van der Waals surface area (Å²) in [5.74, 6) is 0.140. The number of aromatic nitrogens is 2. The Morgan fingerprint density at radius 1 is 1.72 bits per heavy atom. The van der Waals surface area contributed by atoms with Crippen molar-refractivity contribution in [3.05, 3.63) is 11.7 Å². The van der Waals surface area contributed by atoms with Crippen molar-refractivity contribution in [1.29, 1.82) is 0 Å². The molecule has 7 heteroatoms. The molecule has 1 fully saturated rings. The van der Waals surface area contributed by atoms with E-state index in [1.54, 1.807) is 6.92 Å². The van der Waals surface area contributed by atoms with Crippen molar-refractivity contribution in [2.75, 3.05) is 13.1 Å². The number of hydrogen-bond acceptors (Lipinski definition) is 6. The van der Waals surface area contributed by atoms with E-state index in [0.29, 0.717) is 18.9 Å². The number of aliphatic hydroxyl groups excluding tert-OH is 1. The molecule has 0 aliphatic carbocycles. The van der Waals surface area contributed by atoms with Crippen LogP contribution in [0, 0.1) is 0 Å². The highest BCUT2D eigenvalue weighted by Crippen LogP contribution is 2.20. The number of carbonyl (C=O) groups is 1. The first-order valence-electron chi connectivity index (χ1n) is 6.20. The molecule has 1 saturated heterocycles. The van der Waals surface area contributed by atoms with Crippen molar-refractivity contribution >= 4 is 5.91 Å². The number of hydrogen-bond donors (Lipinski definition) is 3. The zero-order valence-corrected chi connectivity index (χ0v) is 10.3. The standard InChI is InChI=1S/C11H18N4O3/c1-7(16)4-6-13-10(17)9-14-11(18-15-9)8-3-2-5-12-8/h7-8,12,16H,2-6H2,1H3,(H,13,17). The Morgan fingerprint density at radius 3 is 3.22 bits per heavy atom. The molecule has 2 heterocycles. The third-order valence-corrected chi connectivity index (χ3v) is 2.85. The van der Waals surface area contributed by atoms with Crippen molar-refractivity contribution in [1.82, 2.24) is 20.8 Å². The van der Waals surface area contributed by atoms with Gasteiger partial charge in [-0.05, 0) is 32.7 Å². The van der Waals surface area contributed by atoms with Crippen molar-refractivity contribution in [3.63, 3.8) is 0 Å². The van der Waals surface area contributed by atoms with Gasteiger partial charge in [0.05, 0.1) is 12.1 Å². The van der Waals surface area contributed by atoms with Crippen LogP contribution in [-0.4, -0.2) is 40.3 Å². The molecule has 0 aromatic carbocycles. The van der Waals surface area contributed by atoms with Gasteiger partial charge in [-0.25, -0.2) is 0 Å². The van der Waals surface area contributed by atoms with E-state index in [0.717, 1.165) is 19.4 Å². The highest BCUT2D eigenvalue weighted by molar-refractivity contribution is 5.90. The van der Waals surface area contributed by atoms with Crippen LogP contribution >= 0.6 is 0 Å². The molecule has 1 aliphatic heterocycles. The normalized spacial score (nSPS) is 20.9. The minimum Gasteiger partial charge on any atom is -0.393 e. The van der Waals surface area contributed by atoms with Crippen molar-refractivity contribution in [2.24, 2.45) is 0 Å². The molecule has 3 N–H and O–H groups in total. The molecule has 7 nitrogen and oxygen atoms in total. The molecule has 0 bridgehead atoms. The van der Waals surface area contributed by atoms with Gasteiger partial charge in [0.1, 0.15) is 0 Å². The Labute approximate surface area is 105 Å². The Morgan fingerprint density at radius 2 is 2.56 bits per heavy atom. The summed E-state index contributed by atoms with van der Waals surface area (Å²) in [4.78, 5) is 15.7. The molecule has 2 unspecified atom stereocenters. The Hall–Kier alpha value is -1.47. The van der Waals surface area contributed by atoms with E-state index in [4.69, 9.17) is 9.63 Å². The number of aliphatic hydroxyl groups is 1. The summed E-state index contributed by atoms with van der Waals surface area (Å²) in [5, 5.41) is 18.6. The quantitative estimate of drug-likeness (QED) is 0.683. The first-order chi connectivity index (χ1) is 8.66. The zero-order valence-electron chi connectivity index (χ0n) is 10.3. The largest absolute Gasteiger partial charge is 0.393 e. The molecule has 1 aromatic rings. The van der Waals surface area contributed by atoms with Crippen LogP contribution in [-0.2, 0) is 0 Å². The fraction of sp³-hybridized carbons (Fsp3) is 0.727. The minimum atomic E-state index is -0.436. The molecule has 1 amide bonds. The molecule has 0 saturated carbocycles. The molecule has 2 atom stereocenters. The molecule has 0 spiro atoms. The van der Waals surface area contributed by atoms with Gasteiger partial charge in [-0.3, -0.25) is 4.79 Å². The van der Waals surface area contributed by atoms with E-state index < -0.39 is 6.10 Å². The smallest absolute Gasteiger partial charge is 0.292 e. The highest BCUT2D eigenvalue weighted by Gasteiger charge is 2.24. The number of nitrogens with one attached hydrogen (secondary N) is 2. The molecular weight excluding hydrogens is 236 g/mol. The molecule has 18 heavy (non-hydrogen) atoms. The van der Waals surface area contributed by atoms with E-state index in [1.165, 1.54) is 0 Å². The summed E-state index contributed by atoms with van der Waals surface area (Å²) >= 11 is 0. The van der Waals surface area contributed by atoms with Gasteiger partial charge in [0.25, 0.3) is 11.7 Å². The van der Waals surface area contributed by atoms with Gasteiger partial charge in [0, 0.05) is 6.54 Å². The average molecular weight is 254 g/mol. The SMILES string of the molecule is CC(O)CCNC(=O)c1noc(C2CCCN2)n1. The minimum absolute atomic E-state index is 0.0456. The van der Waals surface area contributed by atoms with E-state index in [2.05, 4.69) is 20.8 Å². The van der Waals surface area contributed by atoms with Crippen molar-refractivity contribution < 1.29 is 14.4 Å². The Bertz CT molecular complexity index is 399. The van der Waals surface area contributed by atoms with Crippen LogP contribution in [0.5, 0.6) is 0 Å². The van der Waals surface area contributed by atoms with Crippen LogP contribution in [0.2, 0.25) is 0 Å². The summed E-state index contributed by atoms with van der Waals surface area (Å²) in [6.45, 7) is 3.00. The molecule has 2 rings (SSSR count). The zero-order chi connectivity index (χ0) is 13.0. The lowest BCUT2D eigenvalue weighted by Crippen LogP contribution is -2.27. The fourth-order valence-electron chi connectivity index (χ4n) is 1.84. The van der Waals surface area contributed by atoms with Crippen molar-refractivity contribution in [3.8, 4) is 0 Å². The van der Waals surface area contributed by atoms with Crippen LogP contribution in [0.1, 0.15) is 48.7 Å². The molecule has 0 radical (unpaired) electrons. The summed E-state index contributed by atoms with van der Waals surface area (Å²) < 4.78 is 5.06. The van der Waals surface area contributed by atoms with Crippen LogP contribution < -0.4 is 10.6 Å². The molecule has 1 aromatic heterocycles. The summed E-state index contributed by atoms with van der Waals surface area (Å²) in [6, 6.07) is 0.0662. The van der Waals surface area contributed by atoms with Gasteiger partial charge < -0.3 is 20.3 Å². The lowest BCUT2D eigenvalue weighted by molar-refractivity contribution is 0.0932. The topological polar surface area (TPSA) is 100 Å². The van der Waals surface area contributed by atoms with Crippen molar-refractivity contribution in [2.45, 2.75) is 38.3 Å². The van der Waals surface area contributed by atoms with Gasteiger partial charge in [-0.2, -0.15) is 4.98 Å². The Kier molecular flexibility index (Phi) is 4.27. The molecule has 1 aliphatic rings. The molecular formula is C11H18N4O3. The molecule has 100 valence electrons.